The van der Waals surface area contributed by atoms with Crippen molar-refractivity contribution >= 4 is 5.69 Å². The number of rotatable bonds is 2. The van der Waals surface area contributed by atoms with E-state index in [-0.39, 0.29) is 11.0 Å². The molecule has 2 rings (SSSR count). The normalized spacial score (nSPS) is 11.5. The maximum atomic E-state index is 11.7. The van der Waals surface area contributed by atoms with Crippen molar-refractivity contribution in [1.29, 1.82) is 0 Å². The summed E-state index contributed by atoms with van der Waals surface area (Å²) in [5, 5.41) is 4.02. The highest BCUT2D eigenvalue weighted by molar-refractivity contribution is 5.32. The van der Waals surface area contributed by atoms with Crippen molar-refractivity contribution in [2.75, 3.05) is 5.73 Å². The minimum absolute atomic E-state index is 0.134. The van der Waals surface area contributed by atoms with Gasteiger partial charge in [-0.15, -0.1) is 0 Å². The molecule has 1 heterocycles. The molecule has 0 spiro atoms. The van der Waals surface area contributed by atoms with Gasteiger partial charge in [-0.1, -0.05) is 45.0 Å². The zero-order valence-corrected chi connectivity index (χ0v) is 11.6. The summed E-state index contributed by atoms with van der Waals surface area (Å²) in [6.45, 7) is 6.99. The van der Waals surface area contributed by atoms with Gasteiger partial charge in [0, 0.05) is 6.07 Å². The maximum Gasteiger partial charge on any atom is 0.269 e. The number of anilines is 1. The Morgan fingerprint density at radius 2 is 1.84 bits per heavy atom. The van der Waals surface area contributed by atoms with E-state index in [9.17, 15) is 4.79 Å². The lowest BCUT2D eigenvalue weighted by molar-refractivity contribution is 0.588. The van der Waals surface area contributed by atoms with Gasteiger partial charge >= 0.3 is 0 Å². The summed E-state index contributed by atoms with van der Waals surface area (Å²) in [5.74, 6) is 0. The topological polar surface area (TPSA) is 60.9 Å². The molecule has 0 saturated carbocycles. The molecule has 2 aromatic rings. The summed E-state index contributed by atoms with van der Waals surface area (Å²) in [6.07, 6.45) is 1.49. The van der Waals surface area contributed by atoms with Crippen LogP contribution >= 0.6 is 0 Å². The number of hydrogen-bond donors (Lipinski definition) is 1. The summed E-state index contributed by atoms with van der Waals surface area (Å²) in [7, 11) is 0. The van der Waals surface area contributed by atoms with E-state index < -0.39 is 0 Å². The van der Waals surface area contributed by atoms with E-state index in [2.05, 4.69) is 38.0 Å². The van der Waals surface area contributed by atoms with Gasteiger partial charge in [-0.05, 0) is 16.5 Å². The predicted molar refractivity (Wildman–Crippen MR) is 77.2 cm³/mol. The molecule has 0 atom stereocenters. The summed E-state index contributed by atoms with van der Waals surface area (Å²) in [4.78, 5) is 11.7. The van der Waals surface area contributed by atoms with Gasteiger partial charge in [0.05, 0.1) is 18.4 Å². The van der Waals surface area contributed by atoms with Gasteiger partial charge in [0.2, 0.25) is 0 Å². The molecule has 100 valence electrons. The first-order valence-corrected chi connectivity index (χ1v) is 6.28. The van der Waals surface area contributed by atoms with Gasteiger partial charge < -0.3 is 5.73 Å². The number of benzene rings is 1. The van der Waals surface area contributed by atoms with Crippen molar-refractivity contribution in [3.05, 3.63) is 58.0 Å². The highest BCUT2D eigenvalue weighted by Crippen LogP contribution is 2.22. The zero-order chi connectivity index (χ0) is 14.0. The van der Waals surface area contributed by atoms with Crippen LogP contribution in [0, 0.1) is 0 Å². The lowest BCUT2D eigenvalue weighted by Gasteiger charge is -2.19. The molecule has 0 aliphatic rings. The molecule has 0 aliphatic carbocycles. The molecule has 0 bridgehead atoms. The van der Waals surface area contributed by atoms with Crippen molar-refractivity contribution in [1.82, 2.24) is 9.78 Å². The van der Waals surface area contributed by atoms with Crippen LogP contribution in [0.4, 0.5) is 5.69 Å². The smallest absolute Gasteiger partial charge is 0.269 e. The molecule has 0 fully saturated rings. The third-order valence-corrected chi connectivity index (χ3v) is 3.04. The predicted octanol–water partition coefficient (Wildman–Crippen LogP) is 2.17. The lowest BCUT2D eigenvalue weighted by atomic mass is 9.87. The molecule has 0 saturated heterocycles. The molecule has 1 aromatic carbocycles. The van der Waals surface area contributed by atoms with Gasteiger partial charge in [-0.25, -0.2) is 4.68 Å². The van der Waals surface area contributed by atoms with Gasteiger partial charge in [-0.3, -0.25) is 4.79 Å². The molecule has 4 heteroatoms. The van der Waals surface area contributed by atoms with Crippen molar-refractivity contribution in [3.8, 4) is 0 Å². The van der Waals surface area contributed by atoms with E-state index in [1.807, 2.05) is 12.1 Å². The lowest BCUT2D eigenvalue weighted by Crippen LogP contribution is -2.23. The third-order valence-electron chi connectivity index (χ3n) is 3.04. The minimum Gasteiger partial charge on any atom is -0.397 e. The van der Waals surface area contributed by atoms with Crippen LogP contribution in [0.3, 0.4) is 0 Å². The summed E-state index contributed by atoms with van der Waals surface area (Å²) < 4.78 is 1.41. The Kier molecular flexibility index (Phi) is 3.42. The number of nitrogens with two attached hydrogens (primary N) is 1. The fourth-order valence-corrected chi connectivity index (χ4v) is 1.85. The van der Waals surface area contributed by atoms with Crippen LogP contribution in [0.1, 0.15) is 31.9 Å². The van der Waals surface area contributed by atoms with Crippen molar-refractivity contribution in [2.45, 2.75) is 32.7 Å². The molecule has 0 radical (unpaired) electrons. The van der Waals surface area contributed by atoms with Crippen LogP contribution in [-0.4, -0.2) is 9.78 Å². The molecule has 2 N–H and O–H groups in total. The maximum absolute atomic E-state index is 11.7. The summed E-state index contributed by atoms with van der Waals surface area (Å²) >= 11 is 0. The molecule has 1 aromatic heterocycles. The average Bonchev–Trinajstić information content (AvgIpc) is 2.32. The Morgan fingerprint density at radius 1 is 1.21 bits per heavy atom. The molecule has 0 unspecified atom stereocenters. The van der Waals surface area contributed by atoms with E-state index in [1.165, 1.54) is 22.5 Å². The molecule has 4 nitrogen and oxygen atoms in total. The Hall–Kier alpha value is -2.10. The fourth-order valence-electron chi connectivity index (χ4n) is 1.85. The SMILES string of the molecule is CC(C)(C)c1ccc(Cn2ncc(N)cc2=O)cc1. The fraction of sp³-hybridized carbons (Fsp3) is 0.333. The van der Waals surface area contributed by atoms with Crippen molar-refractivity contribution < 1.29 is 0 Å². The van der Waals surface area contributed by atoms with Crippen molar-refractivity contribution in [3.63, 3.8) is 0 Å². The van der Waals surface area contributed by atoms with Gasteiger partial charge in [0.1, 0.15) is 0 Å². The average molecular weight is 257 g/mol. The first kappa shape index (κ1) is 13.3. The number of aromatic nitrogens is 2. The second-order valence-corrected chi connectivity index (χ2v) is 5.73. The van der Waals surface area contributed by atoms with E-state index >= 15 is 0 Å². The van der Waals surface area contributed by atoms with Crippen LogP contribution in [0.25, 0.3) is 0 Å². The van der Waals surface area contributed by atoms with Crippen LogP contribution in [0.2, 0.25) is 0 Å². The van der Waals surface area contributed by atoms with Gasteiger partial charge in [0.25, 0.3) is 5.56 Å². The first-order chi connectivity index (χ1) is 8.86. The number of nitrogen functional groups attached to an aromatic ring is 1. The number of hydrogen-bond acceptors (Lipinski definition) is 3. The van der Waals surface area contributed by atoms with Gasteiger partial charge in [0.15, 0.2) is 0 Å². The van der Waals surface area contributed by atoms with Crippen LogP contribution in [0.15, 0.2) is 41.3 Å². The second-order valence-electron chi connectivity index (χ2n) is 5.73. The minimum atomic E-state index is -0.181. The molecular formula is C15H19N3O. The Balaban J connectivity index is 2.22. The van der Waals surface area contributed by atoms with Crippen LogP contribution in [0.5, 0.6) is 0 Å². The van der Waals surface area contributed by atoms with E-state index in [1.54, 1.807) is 0 Å². The Labute approximate surface area is 112 Å². The monoisotopic (exact) mass is 257 g/mol. The summed E-state index contributed by atoms with van der Waals surface area (Å²) in [6, 6.07) is 9.64. The van der Waals surface area contributed by atoms with Crippen LogP contribution in [-0.2, 0) is 12.0 Å². The summed E-state index contributed by atoms with van der Waals surface area (Å²) in [5.41, 5.74) is 8.18. The second kappa shape index (κ2) is 4.88. The highest BCUT2D eigenvalue weighted by Gasteiger charge is 2.12. The largest absolute Gasteiger partial charge is 0.397 e. The van der Waals surface area contributed by atoms with E-state index in [0.717, 1.165) is 5.56 Å². The van der Waals surface area contributed by atoms with E-state index in [0.29, 0.717) is 12.2 Å². The molecule has 0 amide bonds. The van der Waals surface area contributed by atoms with E-state index in [4.69, 9.17) is 5.73 Å². The van der Waals surface area contributed by atoms with Gasteiger partial charge in [-0.2, -0.15) is 5.10 Å². The molecule has 0 aliphatic heterocycles. The standard InChI is InChI=1S/C15H19N3O/c1-15(2,3)12-6-4-11(5-7-12)10-18-14(19)8-13(16)9-17-18/h4-9H,10,16H2,1-3H3. The molecule has 19 heavy (non-hydrogen) atoms. The Morgan fingerprint density at radius 3 is 2.37 bits per heavy atom. The number of nitrogens with zero attached hydrogens (tertiary/aromatic N) is 2. The van der Waals surface area contributed by atoms with Crippen LogP contribution < -0.4 is 11.3 Å². The Bertz CT molecular complexity index is 621. The van der Waals surface area contributed by atoms with Crippen molar-refractivity contribution in [2.24, 2.45) is 0 Å². The quantitative estimate of drug-likeness (QED) is 0.897. The zero-order valence-electron chi connectivity index (χ0n) is 11.6. The first-order valence-electron chi connectivity index (χ1n) is 6.28. The highest BCUT2D eigenvalue weighted by atomic mass is 16.1. The molecular weight excluding hydrogens is 238 g/mol. The third kappa shape index (κ3) is 3.22.